The van der Waals surface area contributed by atoms with Crippen molar-refractivity contribution in [3.63, 3.8) is 0 Å². The summed E-state index contributed by atoms with van der Waals surface area (Å²) in [4.78, 5) is 13.8. The van der Waals surface area contributed by atoms with Crippen molar-refractivity contribution in [1.82, 2.24) is 4.98 Å². The van der Waals surface area contributed by atoms with Crippen LogP contribution in [0.15, 0.2) is 18.3 Å². The zero-order valence-electron chi connectivity index (χ0n) is 8.74. The van der Waals surface area contributed by atoms with E-state index in [9.17, 15) is 18.7 Å². The van der Waals surface area contributed by atoms with Gasteiger partial charge in [-0.2, -0.15) is 0 Å². The predicted molar refractivity (Wildman–Crippen MR) is 49.3 cm³/mol. The normalized spacial score (nSPS) is 11.6. The van der Waals surface area contributed by atoms with E-state index in [1.165, 1.54) is 32.2 Å². The highest BCUT2D eigenvalue weighted by atomic mass is 19.3. The first-order valence-electron chi connectivity index (χ1n) is 4.48. The van der Waals surface area contributed by atoms with Gasteiger partial charge in [0.1, 0.15) is 5.88 Å². The summed E-state index contributed by atoms with van der Waals surface area (Å²) >= 11 is 0. The van der Waals surface area contributed by atoms with Crippen molar-refractivity contribution in [2.45, 2.75) is 25.7 Å². The molecule has 0 aliphatic rings. The topological polar surface area (TPSA) is 62.2 Å². The number of carboxylic acid groups (broad SMARTS) is 1. The zero-order chi connectivity index (χ0) is 12.3. The van der Waals surface area contributed by atoms with Gasteiger partial charge in [-0.1, -0.05) is 19.9 Å². The van der Waals surface area contributed by atoms with Crippen molar-refractivity contribution in [2.24, 2.45) is 0 Å². The Kier molecular flexibility index (Phi) is 3.41. The minimum absolute atomic E-state index is 0.0224. The third-order valence-electron chi connectivity index (χ3n) is 2.19. The number of alkyl halides is 2. The molecule has 0 N–H and O–H groups in total. The molecule has 4 nitrogen and oxygen atoms in total. The molecule has 1 aromatic rings. The molecule has 0 bridgehead atoms. The molecule has 0 saturated heterocycles. The summed E-state index contributed by atoms with van der Waals surface area (Å²) in [5.41, 5.74) is -1.52. The Morgan fingerprint density at radius 2 is 2.19 bits per heavy atom. The summed E-state index contributed by atoms with van der Waals surface area (Å²) in [7, 11) is 0. The van der Waals surface area contributed by atoms with E-state index >= 15 is 0 Å². The number of carbonyl (C=O) groups is 1. The van der Waals surface area contributed by atoms with Crippen LogP contribution < -0.4 is 9.84 Å². The first kappa shape index (κ1) is 12.4. The molecule has 1 heterocycles. The van der Waals surface area contributed by atoms with Crippen LogP contribution in [0.4, 0.5) is 13.6 Å². The van der Waals surface area contributed by atoms with Gasteiger partial charge in [-0.25, -0.2) is 13.8 Å². The largest absolute Gasteiger partial charge is 0.496 e. The minimum atomic E-state index is -2.67. The summed E-state index contributed by atoms with van der Waals surface area (Å²) in [6.07, 6.45) is -3.24. The van der Waals surface area contributed by atoms with Gasteiger partial charge in [0, 0.05) is 11.8 Å². The molecule has 0 radical (unpaired) electrons. The lowest BCUT2D eigenvalue weighted by Crippen LogP contribution is -2.31. The number of hydrogen-bond acceptors (Lipinski definition) is 4. The number of pyridine rings is 1. The smallest absolute Gasteiger partial charge is 0.258 e. The number of nitrogens with zero attached hydrogens (tertiary/aromatic N) is 1. The molecule has 1 rings (SSSR count). The van der Waals surface area contributed by atoms with Gasteiger partial charge in [-0.05, 0) is 6.07 Å². The first-order chi connectivity index (χ1) is 7.35. The Bertz CT molecular complexity index is 393. The van der Waals surface area contributed by atoms with Gasteiger partial charge >= 0.3 is 0 Å². The van der Waals surface area contributed by atoms with E-state index in [2.05, 4.69) is 9.72 Å². The van der Waals surface area contributed by atoms with Crippen LogP contribution in [-0.2, 0) is 5.41 Å². The second-order valence-corrected chi connectivity index (χ2v) is 3.73. The van der Waals surface area contributed by atoms with Crippen LogP contribution in [0, 0.1) is 0 Å². The number of hydrogen-bond donors (Lipinski definition) is 0. The molecule has 16 heavy (non-hydrogen) atoms. The van der Waals surface area contributed by atoms with Crippen LogP contribution in [0.5, 0.6) is 5.88 Å². The lowest BCUT2D eigenvalue weighted by Gasteiger charge is -2.26. The third-order valence-corrected chi connectivity index (χ3v) is 2.19. The molecule has 0 unspecified atom stereocenters. The Labute approximate surface area is 90.9 Å². The average molecular weight is 230 g/mol. The molecule has 0 aliphatic carbocycles. The van der Waals surface area contributed by atoms with Crippen LogP contribution in [0.2, 0.25) is 0 Å². The second kappa shape index (κ2) is 4.42. The maximum absolute atomic E-state index is 12.8. The minimum Gasteiger partial charge on any atom is -0.496 e. The molecule has 0 saturated carbocycles. The standard InChI is InChI=1S/C10H11F2NO3/c1-10(2,8(11)12)6-4-3-5-13-7(6)16-9(14)15/h3-5,8H,1-2H3,(H,14,15)/p-1. The van der Waals surface area contributed by atoms with Crippen LogP contribution >= 0.6 is 0 Å². The molecule has 1 aromatic heterocycles. The molecule has 0 fully saturated rings. The molecule has 0 amide bonds. The highest BCUT2D eigenvalue weighted by Gasteiger charge is 2.34. The van der Waals surface area contributed by atoms with Crippen molar-refractivity contribution in [3.05, 3.63) is 23.9 Å². The van der Waals surface area contributed by atoms with Crippen molar-refractivity contribution >= 4 is 6.16 Å². The molecule has 0 aliphatic heterocycles. The molecular weight excluding hydrogens is 220 g/mol. The van der Waals surface area contributed by atoms with E-state index in [0.29, 0.717) is 0 Å². The fourth-order valence-electron chi connectivity index (χ4n) is 1.16. The van der Waals surface area contributed by atoms with Crippen molar-refractivity contribution < 1.29 is 23.4 Å². The molecule has 0 aromatic carbocycles. The van der Waals surface area contributed by atoms with Gasteiger partial charge < -0.3 is 14.6 Å². The predicted octanol–water partition coefficient (Wildman–Crippen LogP) is 1.35. The summed E-state index contributed by atoms with van der Waals surface area (Å²) < 4.78 is 29.8. The number of halogens is 2. The van der Waals surface area contributed by atoms with Gasteiger partial charge in [0.2, 0.25) is 6.43 Å². The average Bonchev–Trinajstić information content (AvgIpc) is 2.17. The highest BCUT2D eigenvalue weighted by Crippen LogP contribution is 2.34. The molecule has 88 valence electrons. The third kappa shape index (κ3) is 2.44. The van der Waals surface area contributed by atoms with Gasteiger partial charge in [0.25, 0.3) is 6.16 Å². The number of carbonyl (C=O) groups excluding carboxylic acids is 1. The van der Waals surface area contributed by atoms with Crippen LogP contribution in [0.3, 0.4) is 0 Å². The molecule has 0 spiro atoms. The van der Waals surface area contributed by atoms with Gasteiger partial charge in [-0.3, -0.25) is 0 Å². The van der Waals surface area contributed by atoms with E-state index in [0.717, 1.165) is 0 Å². The second-order valence-electron chi connectivity index (χ2n) is 3.73. The monoisotopic (exact) mass is 230 g/mol. The number of ether oxygens (including phenoxy) is 1. The summed E-state index contributed by atoms with van der Waals surface area (Å²) in [5.74, 6) is -0.368. The summed E-state index contributed by atoms with van der Waals surface area (Å²) in [6.45, 7) is 2.55. The lowest BCUT2D eigenvalue weighted by atomic mass is 9.86. The Morgan fingerprint density at radius 1 is 1.56 bits per heavy atom. The van der Waals surface area contributed by atoms with Gasteiger partial charge in [0.05, 0.1) is 5.41 Å². The fraction of sp³-hybridized carbons (Fsp3) is 0.400. The highest BCUT2D eigenvalue weighted by molar-refractivity contribution is 5.59. The maximum Gasteiger partial charge on any atom is 0.258 e. The molecule has 6 heteroatoms. The SMILES string of the molecule is CC(C)(c1cccnc1OC(=O)[O-])C(F)F. The molecule has 0 atom stereocenters. The van der Waals surface area contributed by atoms with E-state index in [4.69, 9.17) is 0 Å². The number of aromatic nitrogens is 1. The zero-order valence-corrected chi connectivity index (χ0v) is 8.74. The maximum atomic E-state index is 12.8. The lowest BCUT2D eigenvalue weighted by molar-refractivity contribution is -0.271. The Balaban J connectivity index is 3.17. The Morgan fingerprint density at radius 3 is 2.69 bits per heavy atom. The Hall–Kier alpha value is -1.72. The van der Waals surface area contributed by atoms with E-state index in [1.807, 2.05) is 0 Å². The summed E-state index contributed by atoms with van der Waals surface area (Å²) in [6, 6.07) is 2.78. The van der Waals surface area contributed by atoms with Crippen molar-refractivity contribution in [2.75, 3.05) is 0 Å². The summed E-state index contributed by atoms with van der Waals surface area (Å²) in [5, 5.41) is 10.3. The van der Waals surface area contributed by atoms with Crippen molar-refractivity contribution in [3.8, 4) is 5.88 Å². The number of rotatable bonds is 3. The van der Waals surface area contributed by atoms with E-state index < -0.39 is 18.0 Å². The van der Waals surface area contributed by atoms with Gasteiger partial charge in [0.15, 0.2) is 0 Å². The molecular formula is C10H10F2NO3-. The van der Waals surface area contributed by atoms with Crippen LogP contribution in [-0.4, -0.2) is 17.6 Å². The fourth-order valence-corrected chi connectivity index (χ4v) is 1.16. The quantitative estimate of drug-likeness (QED) is 0.735. The van der Waals surface area contributed by atoms with E-state index in [-0.39, 0.29) is 11.4 Å². The van der Waals surface area contributed by atoms with Crippen LogP contribution in [0.1, 0.15) is 19.4 Å². The first-order valence-corrected chi connectivity index (χ1v) is 4.48. The van der Waals surface area contributed by atoms with Crippen LogP contribution in [0.25, 0.3) is 0 Å². The van der Waals surface area contributed by atoms with Gasteiger partial charge in [-0.15, -0.1) is 0 Å². The van der Waals surface area contributed by atoms with Crippen molar-refractivity contribution in [1.29, 1.82) is 0 Å². The van der Waals surface area contributed by atoms with E-state index in [1.54, 1.807) is 0 Å².